The van der Waals surface area contributed by atoms with Crippen LogP contribution in [0.3, 0.4) is 0 Å². The van der Waals surface area contributed by atoms with Gasteiger partial charge in [0.15, 0.2) is 5.96 Å². The molecule has 7 heteroatoms. The number of halogens is 1. The van der Waals surface area contributed by atoms with E-state index in [1.54, 1.807) is 18.4 Å². The summed E-state index contributed by atoms with van der Waals surface area (Å²) in [5.74, 6) is 2.15. The van der Waals surface area contributed by atoms with Crippen molar-refractivity contribution in [3.05, 3.63) is 52.2 Å². The van der Waals surface area contributed by atoms with Gasteiger partial charge in [-0.15, -0.1) is 24.0 Å². The summed E-state index contributed by atoms with van der Waals surface area (Å²) in [6.07, 6.45) is 0. The Hall–Kier alpha value is -1.32. The molecule has 0 saturated heterocycles. The van der Waals surface area contributed by atoms with Crippen LogP contribution in [0.4, 0.5) is 0 Å². The van der Waals surface area contributed by atoms with Crippen molar-refractivity contribution in [3.63, 3.8) is 0 Å². The van der Waals surface area contributed by atoms with Gasteiger partial charge >= 0.3 is 0 Å². The summed E-state index contributed by atoms with van der Waals surface area (Å²) in [5, 5.41) is 11.2. The Kier molecular flexibility index (Phi) is 10.7. The third-order valence-corrected chi connectivity index (χ3v) is 5.20. The molecule has 2 unspecified atom stereocenters. The lowest BCUT2D eigenvalue weighted by molar-refractivity contribution is 0.298. The summed E-state index contributed by atoms with van der Waals surface area (Å²) < 4.78 is 5.25. The average Bonchev–Trinajstić information content (AvgIpc) is 3.19. The predicted octanol–water partition coefficient (Wildman–Crippen LogP) is 3.95. The number of aliphatic imine (C=N–C) groups is 1. The first-order valence-corrected chi connectivity index (χ1v) is 9.76. The van der Waals surface area contributed by atoms with Crippen LogP contribution in [0.5, 0.6) is 5.75 Å². The lowest BCUT2D eigenvalue weighted by atomic mass is 10.1. The van der Waals surface area contributed by atoms with Crippen molar-refractivity contribution >= 4 is 41.3 Å². The van der Waals surface area contributed by atoms with Gasteiger partial charge in [0, 0.05) is 20.1 Å². The minimum absolute atomic E-state index is 0. The number of hydrogen-bond donors (Lipinski definition) is 2. The maximum atomic E-state index is 5.25. The van der Waals surface area contributed by atoms with Crippen molar-refractivity contribution in [3.8, 4) is 5.75 Å². The standard InChI is InChI=1S/C20H30N4OS.HI/c1-15(17-10-11-26-14-17)12-22-20(21-2)23-13-19(24(3)4)16-6-8-18(25-5)9-7-16;/h6-11,14-15,19H,12-13H2,1-5H3,(H2,21,22,23);1H. The molecule has 150 valence electrons. The zero-order valence-electron chi connectivity index (χ0n) is 16.7. The summed E-state index contributed by atoms with van der Waals surface area (Å²) in [6.45, 7) is 3.85. The molecule has 0 aliphatic rings. The Morgan fingerprint density at radius 1 is 1.11 bits per heavy atom. The first-order chi connectivity index (χ1) is 12.5. The molecular weight excluding hydrogens is 471 g/mol. The highest BCUT2D eigenvalue weighted by Crippen LogP contribution is 2.21. The van der Waals surface area contributed by atoms with Crippen LogP contribution in [0.25, 0.3) is 0 Å². The molecule has 2 rings (SSSR count). The van der Waals surface area contributed by atoms with Gasteiger partial charge in [0.25, 0.3) is 0 Å². The van der Waals surface area contributed by atoms with Gasteiger partial charge in [-0.2, -0.15) is 11.3 Å². The van der Waals surface area contributed by atoms with E-state index >= 15 is 0 Å². The van der Waals surface area contributed by atoms with Crippen molar-refractivity contribution in [2.24, 2.45) is 4.99 Å². The highest BCUT2D eigenvalue weighted by molar-refractivity contribution is 14.0. The van der Waals surface area contributed by atoms with E-state index in [0.29, 0.717) is 5.92 Å². The van der Waals surface area contributed by atoms with E-state index in [-0.39, 0.29) is 30.0 Å². The number of ether oxygens (including phenoxy) is 1. The molecule has 1 aromatic heterocycles. The summed E-state index contributed by atoms with van der Waals surface area (Å²) in [6, 6.07) is 10.6. The zero-order chi connectivity index (χ0) is 18.9. The summed E-state index contributed by atoms with van der Waals surface area (Å²) >= 11 is 1.74. The minimum atomic E-state index is 0. The van der Waals surface area contributed by atoms with Crippen LogP contribution in [-0.2, 0) is 0 Å². The van der Waals surface area contributed by atoms with Crippen molar-refractivity contribution in [2.75, 3.05) is 41.3 Å². The fraction of sp³-hybridized carbons (Fsp3) is 0.450. The number of likely N-dealkylation sites (N-methyl/N-ethyl adjacent to an activating group) is 1. The monoisotopic (exact) mass is 502 g/mol. The van der Waals surface area contributed by atoms with Crippen molar-refractivity contribution < 1.29 is 4.74 Å². The summed E-state index contributed by atoms with van der Waals surface area (Å²) in [4.78, 5) is 6.56. The zero-order valence-corrected chi connectivity index (χ0v) is 19.9. The third kappa shape index (κ3) is 7.31. The van der Waals surface area contributed by atoms with Crippen molar-refractivity contribution in [1.82, 2.24) is 15.5 Å². The minimum Gasteiger partial charge on any atom is -0.497 e. The average molecular weight is 502 g/mol. The smallest absolute Gasteiger partial charge is 0.191 e. The van der Waals surface area contributed by atoms with Crippen molar-refractivity contribution in [1.29, 1.82) is 0 Å². The summed E-state index contributed by atoms with van der Waals surface area (Å²) in [7, 11) is 7.67. The molecule has 1 heterocycles. The van der Waals surface area contributed by atoms with E-state index in [4.69, 9.17) is 4.74 Å². The number of nitrogens with zero attached hydrogens (tertiary/aromatic N) is 2. The second-order valence-electron chi connectivity index (χ2n) is 6.54. The molecule has 0 bridgehead atoms. The molecule has 0 aliphatic carbocycles. The molecule has 0 saturated carbocycles. The SMILES string of the molecule is CN=C(NCC(C)c1ccsc1)NCC(c1ccc(OC)cc1)N(C)C.I. The van der Waals surface area contributed by atoms with Gasteiger partial charge in [-0.1, -0.05) is 19.1 Å². The van der Waals surface area contributed by atoms with E-state index in [1.165, 1.54) is 11.1 Å². The molecule has 2 aromatic rings. The molecule has 0 fully saturated rings. The number of rotatable bonds is 8. The highest BCUT2D eigenvalue weighted by atomic mass is 127. The van der Waals surface area contributed by atoms with E-state index in [0.717, 1.165) is 24.8 Å². The second-order valence-corrected chi connectivity index (χ2v) is 7.32. The molecule has 2 N–H and O–H groups in total. The Balaban J connectivity index is 0.00000364. The Morgan fingerprint density at radius 3 is 2.30 bits per heavy atom. The summed E-state index contributed by atoms with van der Waals surface area (Å²) in [5.41, 5.74) is 2.60. The van der Waals surface area contributed by atoms with Gasteiger partial charge in [0.2, 0.25) is 0 Å². The van der Waals surface area contributed by atoms with Gasteiger partial charge in [0.05, 0.1) is 13.2 Å². The van der Waals surface area contributed by atoms with Gasteiger partial charge in [-0.3, -0.25) is 4.99 Å². The molecule has 0 aliphatic heterocycles. The third-order valence-electron chi connectivity index (χ3n) is 4.50. The Bertz CT molecular complexity index is 674. The number of methoxy groups -OCH3 is 1. The van der Waals surface area contributed by atoms with Crippen LogP contribution in [0.2, 0.25) is 0 Å². The normalized spacial score (nSPS) is 13.6. The number of benzene rings is 1. The number of guanidine groups is 1. The molecule has 5 nitrogen and oxygen atoms in total. The van der Waals surface area contributed by atoms with Crippen LogP contribution in [0, 0.1) is 0 Å². The molecule has 27 heavy (non-hydrogen) atoms. The van der Waals surface area contributed by atoms with E-state index in [9.17, 15) is 0 Å². The first kappa shape index (κ1) is 23.7. The molecule has 2 atom stereocenters. The lowest BCUT2D eigenvalue weighted by Crippen LogP contribution is -2.42. The van der Waals surface area contributed by atoms with Gasteiger partial charge in [-0.25, -0.2) is 0 Å². The molecule has 0 amide bonds. The Morgan fingerprint density at radius 2 is 1.78 bits per heavy atom. The molecule has 0 spiro atoms. The van der Waals surface area contributed by atoms with Crippen LogP contribution < -0.4 is 15.4 Å². The number of thiophene rings is 1. The molecular formula is C20H31IN4OS. The number of nitrogens with one attached hydrogen (secondary N) is 2. The quantitative estimate of drug-likeness (QED) is 0.326. The van der Waals surface area contributed by atoms with E-state index in [2.05, 4.69) is 70.5 Å². The van der Waals surface area contributed by atoms with Gasteiger partial charge in [0.1, 0.15) is 5.75 Å². The second kappa shape index (κ2) is 12.2. The maximum absolute atomic E-state index is 5.25. The van der Waals surface area contributed by atoms with Crippen LogP contribution in [-0.4, -0.2) is 52.2 Å². The van der Waals surface area contributed by atoms with Crippen molar-refractivity contribution in [2.45, 2.75) is 18.9 Å². The fourth-order valence-electron chi connectivity index (χ4n) is 2.76. The number of hydrogen-bond acceptors (Lipinski definition) is 4. The van der Waals surface area contributed by atoms with E-state index in [1.807, 2.05) is 19.2 Å². The van der Waals surface area contributed by atoms with Crippen LogP contribution in [0.1, 0.15) is 30.0 Å². The molecule has 0 radical (unpaired) electrons. The first-order valence-electron chi connectivity index (χ1n) is 8.82. The fourth-order valence-corrected chi connectivity index (χ4v) is 3.54. The Labute approximate surface area is 184 Å². The highest BCUT2D eigenvalue weighted by Gasteiger charge is 2.15. The van der Waals surface area contributed by atoms with Crippen LogP contribution in [0.15, 0.2) is 46.1 Å². The van der Waals surface area contributed by atoms with Gasteiger partial charge in [-0.05, 0) is 60.1 Å². The van der Waals surface area contributed by atoms with Gasteiger partial charge < -0.3 is 20.3 Å². The van der Waals surface area contributed by atoms with E-state index < -0.39 is 0 Å². The molecule has 1 aromatic carbocycles. The maximum Gasteiger partial charge on any atom is 0.191 e. The predicted molar refractivity (Wildman–Crippen MR) is 127 cm³/mol. The van der Waals surface area contributed by atoms with Crippen LogP contribution >= 0.6 is 35.3 Å². The topological polar surface area (TPSA) is 48.9 Å². The lowest BCUT2D eigenvalue weighted by Gasteiger charge is -2.26. The largest absolute Gasteiger partial charge is 0.497 e.